The number of rotatable bonds is 1. The first-order valence-corrected chi connectivity index (χ1v) is 6.07. The van der Waals surface area contributed by atoms with Gasteiger partial charge in [0, 0.05) is 6.20 Å². The molecule has 0 spiro atoms. The van der Waals surface area contributed by atoms with Crippen molar-refractivity contribution in [2.45, 2.75) is 7.33 Å². The van der Waals surface area contributed by atoms with Crippen LogP contribution in [0.25, 0.3) is 0 Å². The maximum atomic E-state index is 9.80. The van der Waals surface area contributed by atoms with Gasteiger partial charge in [-0.25, -0.2) is 4.68 Å². The van der Waals surface area contributed by atoms with Crippen LogP contribution in [0.2, 0.25) is 5.02 Å². The molecule has 1 rings (SSSR count). The first-order chi connectivity index (χ1) is 5.75. The quantitative estimate of drug-likeness (QED) is 0.713. The van der Waals surface area contributed by atoms with Gasteiger partial charge in [-0.3, -0.25) is 0 Å². The van der Waals surface area contributed by atoms with Crippen LogP contribution in [0.5, 0.6) is 0 Å². The fraction of sp³-hybridized carbons (Fsp3) is 0.400. The zero-order valence-electron chi connectivity index (χ0n) is 5.89. The summed E-state index contributed by atoms with van der Waals surface area (Å²) in [7, 11) is 0. The van der Waals surface area contributed by atoms with Crippen LogP contribution in [0.1, 0.15) is 0 Å². The van der Waals surface area contributed by atoms with E-state index in [9.17, 15) is 5.11 Å². The van der Waals surface area contributed by atoms with Gasteiger partial charge in [0.05, 0.1) is 11.2 Å². The molecule has 0 aromatic carbocycles. The van der Waals surface area contributed by atoms with E-state index in [1.165, 1.54) is 12.4 Å². The van der Waals surface area contributed by atoms with E-state index in [0.29, 0.717) is 5.02 Å². The summed E-state index contributed by atoms with van der Waals surface area (Å²) in [4.78, 5) is 0. The minimum atomic E-state index is -1.81. The van der Waals surface area contributed by atoms with Crippen molar-refractivity contribution >= 4 is 71.0 Å². The Kier molecular flexibility index (Phi) is 3.75. The molecule has 3 nitrogen and oxygen atoms in total. The second kappa shape index (κ2) is 3.98. The first kappa shape index (κ1) is 12.3. The Morgan fingerprint density at radius 2 is 2.00 bits per heavy atom. The molecule has 0 saturated carbocycles. The molecule has 0 aliphatic carbocycles. The second-order valence-electron chi connectivity index (χ2n) is 2.19. The van der Waals surface area contributed by atoms with Crippen LogP contribution in [0.4, 0.5) is 0 Å². The predicted molar refractivity (Wildman–Crippen MR) is 62.8 cm³/mol. The third-order valence-electron chi connectivity index (χ3n) is 1.22. The van der Waals surface area contributed by atoms with Crippen molar-refractivity contribution in [3.8, 4) is 0 Å². The van der Waals surface area contributed by atoms with Gasteiger partial charge in [-0.2, -0.15) is 5.10 Å². The number of nitrogens with zero attached hydrogens (tertiary/aromatic N) is 2. The molecular weight excluding hydrogens is 415 g/mol. The largest absolute Gasteiger partial charge is 0.355 e. The van der Waals surface area contributed by atoms with Crippen LogP contribution in [-0.2, 0) is 5.18 Å². The van der Waals surface area contributed by atoms with Crippen LogP contribution in [0.15, 0.2) is 12.4 Å². The molecule has 8 heteroatoms. The van der Waals surface area contributed by atoms with Gasteiger partial charge in [-0.15, -0.1) is 0 Å². The van der Waals surface area contributed by atoms with Gasteiger partial charge in [0.15, 0.2) is 2.14 Å². The van der Waals surface area contributed by atoms with Gasteiger partial charge >= 0.3 is 0 Å². The molecule has 0 aliphatic rings. The summed E-state index contributed by atoms with van der Waals surface area (Å²) in [5.74, 6) is 0. The summed E-state index contributed by atoms with van der Waals surface area (Å²) >= 11 is 20.7. The van der Waals surface area contributed by atoms with Crippen LogP contribution in [-0.4, -0.2) is 17.0 Å². The Morgan fingerprint density at radius 1 is 1.46 bits per heavy atom. The molecule has 1 aromatic rings. The molecule has 0 aliphatic heterocycles. The van der Waals surface area contributed by atoms with E-state index in [0.717, 1.165) is 4.68 Å². The van der Waals surface area contributed by atoms with Gasteiger partial charge in [0.2, 0.25) is 0 Å². The standard InChI is InChI=1S/C5H3Br3Cl2N2O/c6-4(7,8)5(10,13)12-2-3(9)1-11-12/h1-2,13H. The van der Waals surface area contributed by atoms with Crippen molar-refractivity contribution in [1.29, 1.82) is 0 Å². The van der Waals surface area contributed by atoms with Crippen LogP contribution < -0.4 is 0 Å². The summed E-state index contributed by atoms with van der Waals surface area (Å²) < 4.78 is 0.0199. The van der Waals surface area contributed by atoms with E-state index in [4.69, 9.17) is 23.2 Å². The SMILES string of the molecule is OC(Cl)(n1cc(Cl)cn1)C(Br)(Br)Br. The molecule has 1 atom stereocenters. The molecule has 0 saturated heterocycles. The molecule has 74 valence electrons. The van der Waals surface area contributed by atoms with E-state index in [2.05, 4.69) is 52.9 Å². The molecule has 0 bridgehead atoms. The number of aliphatic hydroxyl groups is 1. The minimum absolute atomic E-state index is 0.385. The highest BCUT2D eigenvalue weighted by atomic mass is 80.0. The highest BCUT2D eigenvalue weighted by Gasteiger charge is 2.46. The lowest BCUT2D eigenvalue weighted by atomic mass is 10.6. The van der Waals surface area contributed by atoms with Crippen molar-refractivity contribution < 1.29 is 5.11 Å². The van der Waals surface area contributed by atoms with Gasteiger partial charge < -0.3 is 5.11 Å². The Balaban J connectivity index is 3.07. The lowest BCUT2D eigenvalue weighted by Gasteiger charge is -2.29. The zero-order chi connectivity index (χ0) is 10.3. The summed E-state index contributed by atoms with van der Waals surface area (Å²) in [5, 5.41) is 12.1. The Hall–Kier alpha value is 1.19. The van der Waals surface area contributed by atoms with Crippen molar-refractivity contribution in [3.63, 3.8) is 0 Å². The number of hydrogen-bond acceptors (Lipinski definition) is 2. The summed E-state index contributed by atoms with van der Waals surface area (Å²) in [5.41, 5.74) is 0. The highest BCUT2D eigenvalue weighted by molar-refractivity contribution is 9.39. The monoisotopic (exact) mass is 414 g/mol. The Labute approximate surface area is 110 Å². The molecular formula is C5H3Br3Cl2N2O. The fourth-order valence-corrected chi connectivity index (χ4v) is 1.37. The molecule has 1 N–H and O–H groups in total. The molecule has 1 unspecified atom stereocenters. The minimum Gasteiger partial charge on any atom is -0.355 e. The zero-order valence-corrected chi connectivity index (χ0v) is 12.2. The lowest BCUT2D eigenvalue weighted by molar-refractivity contribution is 0.0542. The maximum Gasteiger partial charge on any atom is 0.271 e. The highest BCUT2D eigenvalue weighted by Crippen LogP contribution is 2.48. The second-order valence-corrected chi connectivity index (χ2v) is 9.91. The van der Waals surface area contributed by atoms with Crippen LogP contribution in [0, 0.1) is 0 Å². The summed E-state index contributed by atoms with van der Waals surface area (Å²) in [6, 6.07) is 0. The smallest absolute Gasteiger partial charge is 0.271 e. The average Bonchev–Trinajstić information content (AvgIpc) is 2.33. The maximum absolute atomic E-state index is 9.80. The molecule has 0 fully saturated rings. The van der Waals surface area contributed by atoms with E-state index < -0.39 is 7.33 Å². The predicted octanol–water partition coefficient (Wildman–Crippen LogP) is 3.22. The Morgan fingerprint density at radius 3 is 2.31 bits per heavy atom. The molecule has 13 heavy (non-hydrogen) atoms. The molecule has 1 heterocycles. The van der Waals surface area contributed by atoms with Gasteiger partial charge in [-0.1, -0.05) is 71.0 Å². The number of alkyl halides is 4. The van der Waals surface area contributed by atoms with Crippen LogP contribution in [0.3, 0.4) is 0 Å². The lowest BCUT2D eigenvalue weighted by Crippen LogP contribution is -2.39. The average molecular weight is 418 g/mol. The third kappa shape index (κ3) is 2.60. The van der Waals surface area contributed by atoms with Crippen LogP contribution >= 0.6 is 71.0 Å². The third-order valence-corrected chi connectivity index (χ3v) is 4.21. The fourth-order valence-electron chi connectivity index (χ4n) is 0.593. The van der Waals surface area contributed by atoms with Crippen molar-refractivity contribution in [3.05, 3.63) is 17.4 Å². The van der Waals surface area contributed by atoms with E-state index in [1.807, 2.05) is 0 Å². The molecule has 0 amide bonds. The van der Waals surface area contributed by atoms with Gasteiger partial charge in [0.25, 0.3) is 5.18 Å². The number of halogens is 5. The molecule has 0 radical (unpaired) electrons. The van der Waals surface area contributed by atoms with Crippen molar-refractivity contribution in [2.75, 3.05) is 0 Å². The topological polar surface area (TPSA) is 38.0 Å². The first-order valence-electron chi connectivity index (χ1n) is 2.94. The number of aromatic nitrogens is 2. The van der Waals surface area contributed by atoms with E-state index in [1.54, 1.807) is 0 Å². The summed E-state index contributed by atoms with van der Waals surface area (Å²) in [6.07, 6.45) is 2.76. The van der Waals surface area contributed by atoms with Gasteiger partial charge in [0.1, 0.15) is 0 Å². The van der Waals surface area contributed by atoms with Crippen molar-refractivity contribution in [2.24, 2.45) is 0 Å². The normalized spacial score (nSPS) is 17.1. The molecule has 1 aromatic heterocycles. The van der Waals surface area contributed by atoms with Crippen molar-refractivity contribution in [1.82, 2.24) is 9.78 Å². The van der Waals surface area contributed by atoms with E-state index in [-0.39, 0.29) is 0 Å². The Bertz CT molecular complexity index is 309. The van der Waals surface area contributed by atoms with Gasteiger partial charge in [-0.05, 0) is 0 Å². The number of hydrogen-bond donors (Lipinski definition) is 1. The summed E-state index contributed by atoms with van der Waals surface area (Å²) in [6.45, 7) is 0. The van der Waals surface area contributed by atoms with E-state index >= 15 is 0 Å².